The van der Waals surface area contributed by atoms with E-state index in [9.17, 15) is 18.5 Å². The van der Waals surface area contributed by atoms with Crippen molar-refractivity contribution in [1.29, 1.82) is 0 Å². The van der Waals surface area contributed by atoms with Crippen molar-refractivity contribution in [2.24, 2.45) is 5.92 Å². The van der Waals surface area contributed by atoms with Gasteiger partial charge >= 0.3 is 0 Å². The second-order valence-electron chi connectivity index (χ2n) is 7.44. The number of nitro groups is 1. The average molecular weight is 413 g/mol. The van der Waals surface area contributed by atoms with Gasteiger partial charge in [0.1, 0.15) is 5.69 Å². The number of nitrogens with zero attached hydrogens (tertiary/aromatic N) is 3. The Labute approximate surface area is 165 Å². The second-order valence-corrected chi connectivity index (χ2v) is 9.38. The number of sulfonamides is 1. The van der Waals surface area contributed by atoms with Crippen molar-refractivity contribution in [3.05, 3.63) is 28.3 Å². The molecule has 1 saturated heterocycles. The van der Waals surface area contributed by atoms with Crippen molar-refractivity contribution < 1.29 is 18.1 Å². The summed E-state index contributed by atoms with van der Waals surface area (Å²) in [6.45, 7) is 3.97. The van der Waals surface area contributed by atoms with Crippen LogP contribution in [0.25, 0.3) is 0 Å². The maximum Gasteiger partial charge on any atom is 0.293 e. The van der Waals surface area contributed by atoms with Gasteiger partial charge in [0, 0.05) is 52.0 Å². The lowest BCUT2D eigenvalue weighted by Gasteiger charge is -2.31. The Balaban J connectivity index is 1.62. The van der Waals surface area contributed by atoms with E-state index in [2.05, 4.69) is 10.2 Å². The van der Waals surface area contributed by atoms with E-state index in [1.807, 2.05) is 7.05 Å². The van der Waals surface area contributed by atoms with Gasteiger partial charge in [0.15, 0.2) is 0 Å². The fourth-order valence-corrected chi connectivity index (χ4v) is 4.52. The van der Waals surface area contributed by atoms with E-state index in [-0.39, 0.29) is 10.6 Å². The van der Waals surface area contributed by atoms with Crippen LogP contribution >= 0.6 is 0 Å². The zero-order valence-electron chi connectivity index (χ0n) is 16.2. The number of ether oxygens (including phenoxy) is 1. The van der Waals surface area contributed by atoms with Gasteiger partial charge in [-0.3, -0.25) is 10.1 Å². The average Bonchev–Trinajstić information content (AvgIpc) is 3.49. The molecular weight excluding hydrogens is 384 g/mol. The van der Waals surface area contributed by atoms with Crippen LogP contribution in [0.3, 0.4) is 0 Å². The molecule has 1 aromatic rings. The van der Waals surface area contributed by atoms with Gasteiger partial charge in [0.05, 0.1) is 9.82 Å². The van der Waals surface area contributed by atoms with E-state index < -0.39 is 14.9 Å². The van der Waals surface area contributed by atoms with E-state index >= 15 is 0 Å². The molecular formula is C18H28N4O5S. The number of likely N-dealkylation sites (N-methyl/N-ethyl adjacent to an activating group) is 1. The van der Waals surface area contributed by atoms with E-state index in [1.165, 1.54) is 29.3 Å². The summed E-state index contributed by atoms with van der Waals surface area (Å²) in [7, 11) is -1.80. The first-order valence-corrected chi connectivity index (χ1v) is 11.1. The summed E-state index contributed by atoms with van der Waals surface area (Å²) >= 11 is 0. The minimum atomic E-state index is -3.74. The Morgan fingerprint density at radius 1 is 1.25 bits per heavy atom. The molecule has 28 heavy (non-hydrogen) atoms. The summed E-state index contributed by atoms with van der Waals surface area (Å²) in [5.41, 5.74) is 0.0959. The molecule has 1 aromatic carbocycles. The Kier molecular flexibility index (Phi) is 6.86. The Morgan fingerprint density at radius 2 is 1.96 bits per heavy atom. The van der Waals surface area contributed by atoms with Gasteiger partial charge < -0.3 is 15.0 Å². The first kappa shape index (κ1) is 21.0. The first-order chi connectivity index (χ1) is 13.4. The number of nitro benzene ring substituents is 1. The van der Waals surface area contributed by atoms with Gasteiger partial charge in [-0.25, -0.2) is 8.42 Å². The summed E-state index contributed by atoms with van der Waals surface area (Å²) in [4.78, 5) is 12.9. The van der Waals surface area contributed by atoms with Crippen molar-refractivity contribution in [3.8, 4) is 0 Å². The molecule has 1 saturated carbocycles. The third-order valence-corrected chi connectivity index (χ3v) is 6.99. The third-order valence-electron chi connectivity index (χ3n) is 5.10. The topological polar surface area (TPSA) is 105 Å². The van der Waals surface area contributed by atoms with Crippen LogP contribution in [0.5, 0.6) is 0 Å². The maximum absolute atomic E-state index is 12.8. The fraction of sp³-hybridized carbons (Fsp3) is 0.667. The van der Waals surface area contributed by atoms with Crippen molar-refractivity contribution in [2.75, 3.05) is 58.3 Å². The summed E-state index contributed by atoms with van der Waals surface area (Å²) < 4.78 is 32.6. The first-order valence-electron chi connectivity index (χ1n) is 9.66. The normalized spacial score (nSPS) is 18.9. The summed E-state index contributed by atoms with van der Waals surface area (Å²) in [6, 6.07) is 4.07. The molecule has 0 unspecified atom stereocenters. The Bertz CT molecular complexity index is 789. The van der Waals surface area contributed by atoms with Gasteiger partial charge in [-0.1, -0.05) is 0 Å². The summed E-state index contributed by atoms with van der Waals surface area (Å²) in [6.07, 6.45) is 3.22. The lowest BCUT2D eigenvalue weighted by molar-refractivity contribution is -0.384. The highest BCUT2D eigenvalue weighted by atomic mass is 32.2. The number of anilines is 1. The van der Waals surface area contributed by atoms with Crippen LogP contribution in [0.1, 0.15) is 19.3 Å². The summed E-state index contributed by atoms with van der Waals surface area (Å²) in [5.74, 6) is 0.712. The zero-order chi connectivity index (χ0) is 20.1. The minimum Gasteiger partial charge on any atom is -0.381 e. The SMILES string of the molecule is CN1CCN(S(=O)(=O)c2ccc(NCCCOCC3CC3)c([N+](=O)[O-])c2)CC1. The number of hydrogen-bond donors (Lipinski definition) is 1. The predicted octanol–water partition coefficient (Wildman–Crippen LogP) is 1.76. The molecule has 0 aromatic heterocycles. The van der Waals surface area contributed by atoms with Gasteiger partial charge in [0.2, 0.25) is 10.0 Å². The van der Waals surface area contributed by atoms with Crippen molar-refractivity contribution in [3.63, 3.8) is 0 Å². The molecule has 1 aliphatic heterocycles. The molecule has 2 fully saturated rings. The van der Waals surface area contributed by atoms with E-state index in [1.54, 1.807) is 0 Å². The van der Waals surface area contributed by atoms with Crippen LogP contribution in [0.2, 0.25) is 0 Å². The van der Waals surface area contributed by atoms with Crippen molar-refractivity contribution in [1.82, 2.24) is 9.21 Å². The molecule has 10 heteroatoms. The van der Waals surface area contributed by atoms with Gasteiger partial charge in [-0.05, 0) is 44.4 Å². The highest BCUT2D eigenvalue weighted by Gasteiger charge is 2.29. The van der Waals surface area contributed by atoms with E-state index in [0.717, 1.165) is 19.1 Å². The minimum absolute atomic E-state index is 0.0398. The Hall–Kier alpha value is -1.75. The molecule has 0 atom stereocenters. The maximum atomic E-state index is 12.8. The van der Waals surface area contributed by atoms with Crippen LogP contribution < -0.4 is 5.32 Å². The van der Waals surface area contributed by atoms with Crippen LogP contribution in [0, 0.1) is 16.0 Å². The lowest BCUT2D eigenvalue weighted by Crippen LogP contribution is -2.47. The quantitative estimate of drug-likeness (QED) is 0.355. The number of benzene rings is 1. The number of piperazine rings is 1. The highest BCUT2D eigenvalue weighted by molar-refractivity contribution is 7.89. The van der Waals surface area contributed by atoms with Crippen molar-refractivity contribution >= 4 is 21.4 Å². The molecule has 1 heterocycles. The number of hydrogen-bond acceptors (Lipinski definition) is 7. The number of rotatable bonds is 10. The van der Waals surface area contributed by atoms with Crippen molar-refractivity contribution in [2.45, 2.75) is 24.2 Å². The molecule has 1 aliphatic carbocycles. The molecule has 1 N–H and O–H groups in total. The van der Waals surface area contributed by atoms with Crippen LogP contribution in [0.15, 0.2) is 23.1 Å². The van der Waals surface area contributed by atoms with E-state index in [4.69, 9.17) is 4.74 Å². The molecule has 3 rings (SSSR count). The van der Waals surface area contributed by atoms with Gasteiger partial charge in [-0.15, -0.1) is 0 Å². The highest BCUT2D eigenvalue weighted by Crippen LogP contribution is 2.30. The second kappa shape index (κ2) is 9.17. The van der Waals surface area contributed by atoms with E-state index in [0.29, 0.717) is 50.9 Å². The fourth-order valence-electron chi connectivity index (χ4n) is 3.08. The molecule has 0 radical (unpaired) electrons. The molecule has 0 amide bonds. The molecule has 9 nitrogen and oxygen atoms in total. The van der Waals surface area contributed by atoms with Crippen LogP contribution in [0.4, 0.5) is 11.4 Å². The molecule has 0 spiro atoms. The molecule has 2 aliphatic rings. The zero-order valence-corrected chi connectivity index (χ0v) is 17.0. The third kappa shape index (κ3) is 5.40. The standard InChI is InChI=1S/C18H28N4O5S/c1-20-8-10-21(11-9-20)28(25,26)16-5-6-17(18(13-16)22(23)24)19-7-2-12-27-14-15-3-4-15/h5-6,13,15,19H,2-4,7-12,14H2,1H3. The van der Waals surface area contributed by atoms with Gasteiger partial charge in [-0.2, -0.15) is 4.31 Å². The lowest BCUT2D eigenvalue weighted by atomic mass is 10.2. The van der Waals surface area contributed by atoms with Crippen LogP contribution in [-0.2, 0) is 14.8 Å². The smallest absolute Gasteiger partial charge is 0.293 e. The monoisotopic (exact) mass is 412 g/mol. The molecule has 0 bridgehead atoms. The molecule has 156 valence electrons. The number of nitrogens with one attached hydrogen (secondary N) is 1. The Morgan fingerprint density at radius 3 is 2.61 bits per heavy atom. The largest absolute Gasteiger partial charge is 0.381 e. The van der Waals surface area contributed by atoms with Crippen LogP contribution in [-0.4, -0.2) is 75.5 Å². The predicted molar refractivity (Wildman–Crippen MR) is 106 cm³/mol. The van der Waals surface area contributed by atoms with Gasteiger partial charge in [0.25, 0.3) is 5.69 Å². The summed E-state index contributed by atoms with van der Waals surface area (Å²) in [5, 5.41) is 14.5.